The zero-order valence-electron chi connectivity index (χ0n) is 9.43. The van der Waals surface area contributed by atoms with E-state index in [1.807, 2.05) is 0 Å². The molecule has 1 heterocycles. The minimum absolute atomic E-state index is 0. The molecule has 1 aromatic carbocycles. The van der Waals surface area contributed by atoms with E-state index >= 15 is 0 Å². The normalized spacial score (nSPS) is 9.47. The van der Waals surface area contributed by atoms with Gasteiger partial charge in [0.25, 0.3) is 5.91 Å². The topological polar surface area (TPSA) is 77.9 Å². The largest absolute Gasteiger partial charge is 1.00 e. The van der Waals surface area contributed by atoms with Gasteiger partial charge in [-0.15, -0.1) is 10.2 Å². The monoisotopic (exact) mass is 257 g/mol. The zero-order chi connectivity index (χ0) is 11.5. The molecule has 1 aromatic heterocycles. The number of para-hydroxylation sites is 1. The van der Waals surface area contributed by atoms with E-state index in [4.69, 9.17) is 0 Å². The number of hydrogen-bond acceptors (Lipinski definition) is 5. The fourth-order valence-electron chi connectivity index (χ4n) is 1.17. The summed E-state index contributed by atoms with van der Waals surface area (Å²) < 4.78 is 0. The van der Waals surface area contributed by atoms with Gasteiger partial charge in [0.2, 0.25) is 5.13 Å². The third kappa shape index (κ3) is 3.50. The molecule has 0 unspecified atom stereocenters. The number of carbonyl (C=O) groups excluding carboxylic acids is 1. The molecule has 0 saturated heterocycles. The Balaban J connectivity index is 0.00000144. The van der Waals surface area contributed by atoms with Crippen molar-refractivity contribution in [3.63, 3.8) is 0 Å². The van der Waals surface area contributed by atoms with Crippen LogP contribution >= 0.6 is 11.3 Å². The standard InChI is InChI=1S/C10H9N3O2S.Na/c1-6-12-13-10(16-6)11-9(15)7-4-2-3-5-8(7)14;/h2-5,14H,1H3,(H,11,13,15);/q;+1/p-1. The van der Waals surface area contributed by atoms with Gasteiger partial charge in [0, 0.05) is 5.56 Å². The van der Waals surface area contributed by atoms with Crippen molar-refractivity contribution < 1.29 is 39.5 Å². The molecule has 0 aliphatic heterocycles. The molecule has 0 fully saturated rings. The molecule has 82 valence electrons. The maximum atomic E-state index is 11.7. The second-order valence-corrected chi connectivity index (χ2v) is 4.26. The number of nitrogens with zero attached hydrogens (tertiary/aromatic N) is 2. The number of rotatable bonds is 2. The molecule has 0 aliphatic carbocycles. The predicted octanol–water partition coefficient (Wildman–Crippen LogP) is -1.82. The van der Waals surface area contributed by atoms with E-state index in [1.54, 1.807) is 19.1 Å². The zero-order valence-corrected chi connectivity index (χ0v) is 12.2. The average Bonchev–Trinajstić information content (AvgIpc) is 2.64. The summed E-state index contributed by atoms with van der Waals surface area (Å²) in [6.07, 6.45) is 0. The van der Waals surface area contributed by atoms with Crippen LogP contribution in [-0.4, -0.2) is 16.1 Å². The van der Waals surface area contributed by atoms with Gasteiger partial charge in [-0.05, 0) is 6.92 Å². The van der Waals surface area contributed by atoms with Gasteiger partial charge in [-0.1, -0.05) is 41.4 Å². The number of nitrogens with one attached hydrogen (secondary N) is 1. The van der Waals surface area contributed by atoms with Gasteiger partial charge in [-0.25, -0.2) is 0 Å². The summed E-state index contributed by atoms with van der Waals surface area (Å²) in [4.78, 5) is 11.7. The van der Waals surface area contributed by atoms with Crippen molar-refractivity contribution in [2.24, 2.45) is 0 Å². The van der Waals surface area contributed by atoms with Gasteiger partial charge in [-0.3, -0.25) is 10.1 Å². The summed E-state index contributed by atoms with van der Waals surface area (Å²) in [6.45, 7) is 1.79. The summed E-state index contributed by atoms with van der Waals surface area (Å²) in [6, 6.07) is 6.06. The van der Waals surface area contributed by atoms with Crippen LogP contribution in [0.1, 0.15) is 15.4 Å². The van der Waals surface area contributed by atoms with Crippen molar-refractivity contribution >= 4 is 22.4 Å². The van der Waals surface area contributed by atoms with E-state index < -0.39 is 5.91 Å². The molecule has 1 amide bonds. The third-order valence-electron chi connectivity index (χ3n) is 1.88. The second-order valence-electron chi connectivity index (χ2n) is 3.08. The minimum atomic E-state index is -0.457. The summed E-state index contributed by atoms with van der Waals surface area (Å²) >= 11 is 1.26. The molecule has 0 atom stereocenters. The molecule has 5 nitrogen and oxygen atoms in total. The van der Waals surface area contributed by atoms with E-state index in [-0.39, 0.29) is 40.9 Å². The molecule has 0 radical (unpaired) electrons. The van der Waals surface area contributed by atoms with Crippen molar-refractivity contribution in [2.45, 2.75) is 6.92 Å². The van der Waals surface area contributed by atoms with Gasteiger partial charge in [0.05, 0.1) is 0 Å². The predicted molar refractivity (Wildman–Crippen MR) is 58.5 cm³/mol. The van der Waals surface area contributed by atoms with E-state index in [0.29, 0.717) is 5.13 Å². The van der Waals surface area contributed by atoms with Crippen LogP contribution in [0.15, 0.2) is 24.3 Å². The van der Waals surface area contributed by atoms with Crippen LogP contribution in [0, 0.1) is 6.92 Å². The Bertz CT molecular complexity index is 530. The molecule has 2 rings (SSSR count). The SMILES string of the molecule is Cc1nnc(NC(=O)c2ccccc2[O-])s1.[Na+]. The number of anilines is 1. The van der Waals surface area contributed by atoms with Crippen molar-refractivity contribution in [1.82, 2.24) is 10.2 Å². The van der Waals surface area contributed by atoms with Gasteiger partial charge < -0.3 is 5.11 Å². The molecular formula is C10H8N3NaO2S. The number of hydrogen-bond donors (Lipinski definition) is 1. The van der Waals surface area contributed by atoms with Crippen LogP contribution in [-0.2, 0) is 0 Å². The molecule has 0 aliphatic rings. The first-order valence-corrected chi connectivity index (χ1v) is 5.36. The molecular weight excluding hydrogens is 249 g/mol. The Morgan fingerprint density at radius 1 is 1.35 bits per heavy atom. The van der Waals surface area contributed by atoms with E-state index in [9.17, 15) is 9.90 Å². The molecule has 7 heteroatoms. The average molecular weight is 257 g/mol. The van der Waals surface area contributed by atoms with Gasteiger partial charge >= 0.3 is 29.6 Å². The molecule has 0 saturated carbocycles. The van der Waals surface area contributed by atoms with E-state index in [0.717, 1.165) is 5.01 Å². The fourth-order valence-corrected chi connectivity index (χ4v) is 1.75. The first-order chi connectivity index (χ1) is 7.66. The van der Waals surface area contributed by atoms with Gasteiger partial charge in [0.15, 0.2) is 0 Å². The molecule has 0 bridgehead atoms. The van der Waals surface area contributed by atoms with Gasteiger partial charge in [0.1, 0.15) is 5.01 Å². The van der Waals surface area contributed by atoms with Crippen molar-refractivity contribution in [2.75, 3.05) is 5.32 Å². The van der Waals surface area contributed by atoms with E-state index in [2.05, 4.69) is 15.5 Å². The molecule has 17 heavy (non-hydrogen) atoms. The van der Waals surface area contributed by atoms with Crippen molar-refractivity contribution in [1.29, 1.82) is 0 Å². The number of aromatic nitrogens is 2. The van der Waals surface area contributed by atoms with E-state index in [1.165, 1.54) is 23.5 Å². The Morgan fingerprint density at radius 2 is 2.06 bits per heavy atom. The van der Waals surface area contributed by atoms with Crippen molar-refractivity contribution in [3.05, 3.63) is 34.8 Å². The number of aryl methyl sites for hydroxylation is 1. The Labute approximate surface area is 124 Å². The summed E-state index contributed by atoms with van der Waals surface area (Å²) in [5.41, 5.74) is 0.107. The summed E-state index contributed by atoms with van der Waals surface area (Å²) in [5.74, 6) is -0.761. The van der Waals surface area contributed by atoms with Crippen LogP contribution in [0.2, 0.25) is 0 Å². The fraction of sp³-hybridized carbons (Fsp3) is 0.100. The minimum Gasteiger partial charge on any atom is -0.872 e. The summed E-state index contributed by atoms with van der Waals surface area (Å²) in [5, 5.41) is 22.5. The molecule has 1 N–H and O–H groups in total. The number of carbonyl (C=O) groups is 1. The Morgan fingerprint density at radius 3 is 2.65 bits per heavy atom. The molecule has 0 spiro atoms. The number of amides is 1. The first kappa shape index (κ1) is 14.1. The van der Waals surface area contributed by atoms with Crippen LogP contribution in [0.3, 0.4) is 0 Å². The summed E-state index contributed by atoms with van der Waals surface area (Å²) in [7, 11) is 0. The van der Waals surface area contributed by atoms with Gasteiger partial charge in [-0.2, -0.15) is 0 Å². The van der Waals surface area contributed by atoms with Crippen LogP contribution < -0.4 is 40.0 Å². The Hall–Kier alpha value is -0.950. The first-order valence-electron chi connectivity index (χ1n) is 4.54. The van der Waals surface area contributed by atoms with Crippen LogP contribution in [0.5, 0.6) is 5.75 Å². The molecule has 2 aromatic rings. The quantitative estimate of drug-likeness (QED) is 0.642. The van der Waals surface area contributed by atoms with Crippen molar-refractivity contribution in [3.8, 4) is 5.75 Å². The maximum Gasteiger partial charge on any atom is 1.00 e. The third-order valence-corrected chi connectivity index (χ3v) is 2.63. The smallest absolute Gasteiger partial charge is 0.872 e. The van der Waals surface area contributed by atoms with Crippen LogP contribution in [0.4, 0.5) is 5.13 Å². The van der Waals surface area contributed by atoms with Crippen LogP contribution in [0.25, 0.3) is 0 Å². The number of benzene rings is 1. The Kier molecular flexibility index (Phi) is 5.07. The maximum absolute atomic E-state index is 11.7. The second kappa shape index (κ2) is 6.11.